The van der Waals surface area contributed by atoms with Gasteiger partial charge in [-0.1, -0.05) is 13.0 Å². The van der Waals surface area contributed by atoms with Crippen LogP contribution in [0.25, 0.3) is 0 Å². The van der Waals surface area contributed by atoms with Gasteiger partial charge in [-0.15, -0.1) is 0 Å². The first-order valence-electron chi connectivity index (χ1n) is 6.18. The van der Waals surface area contributed by atoms with Gasteiger partial charge in [-0.25, -0.2) is 4.98 Å². The monoisotopic (exact) mass is 219 g/mol. The Bertz CT molecular complexity index is 316. The second-order valence-electron chi connectivity index (χ2n) is 4.62. The molecule has 88 valence electrons. The first kappa shape index (κ1) is 11.4. The highest BCUT2D eigenvalue weighted by atomic mass is 15.1. The van der Waals surface area contributed by atoms with Crippen LogP contribution in [0.4, 0.5) is 5.82 Å². The third-order valence-electron chi connectivity index (χ3n) is 2.98. The Morgan fingerprint density at radius 3 is 2.81 bits per heavy atom. The van der Waals surface area contributed by atoms with Gasteiger partial charge in [0.05, 0.1) is 0 Å². The highest BCUT2D eigenvalue weighted by Crippen LogP contribution is 2.26. The maximum Gasteiger partial charge on any atom is 0.125 e. The number of hydrogen-bond donors (Lipinski definition) is 1. The van der Waals surface area contributed by atoms with Crippen molar-refractivity contribution >= 4 is 5.82 Å². The van der Waals surface area contributed by atoms with Gasteiger partial charge in [0.1, 0.15) is 5.82 Å². The summed E-state index contributed by atoms with van der Waals surface area (Å²) in [5.74, 6) is 0.986. The molecule has 0 amide bonds. The molecule has 0 atom stereocenters. The van der Waals surface area contributed by atoms with E-state index in [4.69, 9.17) is 0 Å². The van der Waals surface area contributed by atoms with Gasteiger partial charge < -0.3 is 5.32 Å². The van der Waals surface area contributed by atoms with Crippen LogP contribution in [-0.2, 0) is 6.54 Å². The van der Waals surface area contributed by atoms with E-state index in [-0.39, 0.29) is 0 Å². The molecule has 1 aliphatic carbocycles. The lowest BCUT2D eigenvalue weighted by atomic mass is 10.2. The Morgan fingerprint density at radius 2 is 2.25 bits per heavy atom. The Balaban J connectivity index is 1.85. The molecule has 0 radical (unpaired) electrons. The van der Waals surface area contributed by atoms with Crippen molar-refractivity contribution in [1.29, 1.82) is 0 Å². The third kappa shape index (κ3) is 3.20. The summed E-state index contributed by atoms with van der Waals surface area (Å²) < 4.78 is 0. The number of aromatic nitrogens is 1. The molecule has 1 aromatic heterocycles. The second kappa shape index (κ2) is 5.30. The van der Waals surface area contributed by atoms with Gasteiger partial charge in [0.15, 0.2) is 0 Å². The topological polar surface area (TPSA) is 28.2 Å². The Labute approximate surface area is 97.9 Å². The van der Waals surface area contributed by atoms with Gasteiger partial charge in [0.25, 0.3) is 0 Å². The quantitative estimate of drug-likeness (QED) is 0.796. The Morgan fingerprint density at radius 1 is 1.44 bits per heavy atom. The van der Waals surface area contributed by atoms with Crippen LogP contribution in [0.2, 0.25) is 0 Å². The van der Waals surface area contributed by atoms with Gasteiger partial charge in [0.2, 0.25) is 0 Å². The molecule has 1 fully saturated rings. The maximum atomic E-state index is 4.41. The van der Waals surface area contributed by atoms with Crippen molar-refractivity contribution in [2.45, 2.75) is 38.8 Å². The summed E-state index contributed by atoms with van der Waals surface area (Å²) in [5, 5.41) is 3.29. The summed E-state index contributed by atoms with van der Waals surface area (Å²) in [6.45, 7) is 4.17. The number of rotatable bonds is 6. The minimum Gasteiger partial charge on any atom is -0.370 e. The van der Waals surface area contributed by atoms with E-state index in [1.165, 1.54) is 18.4 Å². The number of pyridine rings is 1. The van der Waals surface area contributed by atoms with Crippen LogP contribution >= 0.6 is 0 Å². The smallest absolute Gasteiger partial charge is 0.125 e. The van der Waals surface area contributed by atoms with Crippen LogP contribution in [0.5, 0.6) is 0 Å². The summed E-state index contributed by atoms with van der Waals surface area (Å²) in [6, 6.07) is 5.06. The highest BCUT2D eigenvalue weighted by molar-refractivity contribution is 5.35. The molecule has 1 aliphatic rings. The average Bonchev–Trinajstić information content (AvgIpc) is 3.12. The van der Waals surface area contributed by atoms with Crippen molar-refractivity contribution in [2.24, 2.45) is 0 Å². The molecule has 3 heteroatoms. The second-order valence-corrected chi connectivity index (χ2v) is 4.62. The molecule has 3 nitrogen and oxygen atoms in total. The maximum absolute atomic E-state index is 4.41. The van der Waals surface area contributed by atoms with E-state index in [1.807, 2.05) is 6.20 Å². The minimum absolute atomic E-state index is 0.817. The van der Waals surface area contributed by atoms with E-state index in [0.717, 1.165) is 31.4 Å². The van der Waals surface area contributed by atoms with Crippen molar-refractivity contribution < 1.29 is 0 Å². The van der Waals surface area contributed by atoms with Crippen LogP contribution in [0, 0.1) is 0 Å². The fraction of sp³-hybridized carbons (Fsp3) is 0.615. The summed E-state index contributed by atoms with van der Waals surface area (Å²) >= 11 is 0. The number of anilines is 1. The van der Waals surface area contributed by atoms with Crippen LogP contribution in [0.1, 0.15) is 31.7 Å². The molecule has 0 saturated heterocycles. The molecule has 16 heavy (non-hydrogen) atoms. The van der Waals surface area contributed by atoms with Gasteiger partial charge in [-0.05, 0) is 37.9 Å². The van der Waals surface area contributed by atoms with Gasteiger partial charge >= 0.3 is 0 Å². The Hall–Kier alpha value is -1.09. The molecule has 0 aliphatic heterocycles. The lowest BCUT2D eigenvalue weighted by Gasteiger charge is -2.15. The molecule has 0 aromatic carbocycles. The standard InChI is InChI=1S/C13H21N3/c1-3-8-14-13-7-4-11(9-15-13)10-16(2)12-5-6-12/h4,7,9,12H,3,5-6,8,10H2,1-2H3,(H,14,15). The zero-order valence-corrected chi connectivity index (χ0v) is 10.2. The molecule has 1 aromatic rings. The average molecular weight is 219 g/mol. The van der Waals surface area contributed by atoms with Gasteiger partial charge in [-0.3, -0.25) is 4.90 Å². The van der Waals surface area contributed by atoms with E-state index in [2.05, 4.69) is 41.3 Å². The summed E-state index contributed by atoms with van der Waals surface area (Å²) in [5.41, 5.74) is 1.30. The normalized spacial score (nSPS) is 15.4. The molecule has 0 bridgehead atoms. The zero-order valence-electron chi connectivity index (χ0n) is 10.2. The molecular formula is C13H21N3. The first-order valence-corrected chi connectivity index (χ1v) is 6.18. The summed E-state index contributed by atoms with van der Waals surface area (Å²) in [6.07, 6.45) is 5.84. The summed E-state index contributed by atoms with van der Waals surface area (Å²) in [4.78, 5) is 6.82. The zero-order chi connectivity index (χ0) is 11.4. The highest BCUT2D eigenvalue weighted by Gasteiger charge is 2.25. The molecular weight excluding hydrogens is 198 g/mol. The third-order valence-corrected chi connectivity index (χ3v) is 2.98. The molecule has 1 N–H and O–H groups in total. The SMILES string of the molecule is CCCNc1ccc(CN(C)C2CC2)cn1. The van der Waals surface area contributed by atoms with E-state index in [1.54, 1.807) is 0 Å². The van der Waals surface area contributed by atoms with Crippen LogP contribution in [0.15, 0.2) is 18.3 Å². The van der Waals surface area contributed by atoms with E-state index in [0.29, 0.717) is 0 Å². The van der Waals surface area contributed by atoms with Crippen molar-refractivity contribution in [1.82, 2.24) is 9.88 Å². The molecule has 1 heterocycles. The lowest BCUT2D eigenvalue weighted by Crippen LogP contribution is -2.20. The minimum atomic E-state index is 0.817. The molecule has 0 unspecified atom stereocenters. The number of nitrogens with zero attached hydrogens (tertiary/aromatic N) is 2. The number of nitrogens with one attached hydrogen (secondary N) is 1. The Kier molecular flexibility index (Phi) is 3.78. The van der Waals surface area contributed by atoms with Crippen LogP contribution in [0.3, 0.4) is 0 Å². The fourth-order valence-corrected chi connectivity index (χ4v) is 1.81. The predicted octanol–water partition coefficient (Wildman–Crippen LogP) is 2.50. The number of hydrogen-bond acceptors (Lipinski definition) is 3. The lowest BCUT2D eigenvalue weighted by molar-refractivity contribution is 0.316. The molecule has 0 spiro atoms. The van der Waals surface area contributed by atoms with Crippen molar-refractivity contribution in [3.05, 3.63) is 23.9 Å². The van der Waals surface area contributed by atoms with E-state index < -0.39 is 0 Å². The van der Waals surface area contributed by atoms with Gasteiger partial charge in [-0.2, -0.15) is 0 Å². The van der Waals surface area contributed by atoms with Crippen LogP contribution < -0.4 is 5.32 Å². The molecule has 1 saturated carbocycles. The van der Waals surface area contributed by atoms with Crippen LogP contribution in [-0.4, -0.2) is 29.5 Å². The van der Waals surface area contributed by atoms with Crippen molar-refractivity contribution in [2.75, 3.05) is 18.9 Å². The van der Waals surface area contributed by atoms with E-state index in [9.17, 15) is 0 Å². The first-order chi connectivity index (χ1) is 7.79. The largest absolute Gasteiger partial charge is 0.370 e. The predicted molar refractivity (Wildman–Crippen MR) is 67.5 cm³/mol. The summed E-state index contributed by atoms with van der Waals surface area (Å²) in [7, 11) is 2.20. The van der Waals surface area contributed by atoms with Gasteiger partial charge in [0, 0.05) is 25.3 Å². The van der Waals surface area contributed by atoms with Crippen molar-refractivity contribution in [3.8, 4) is 0 Å². The fourth-order valence-electron chi connectivity index (χ4n) is 1.81. The van der Waals surface area contributed by atoms with E-state index >= 15 is 0 Å². The van der Waals surface area contributed by atoms with Crippen molar-refractivity contribution in [3.63, 3.8) is 0 Å². The molecule has 2 rings (SSSR count).